The Kier molecular flexibility index (Phi) is 3.93. The van der Waals surface area contributed by atoms with Crippen molar-refractivity contribution in [1.82, 2.24) is 10.6 Å². The molecule has 88 valence electrons. The van der Waals surface area contributed by atoms with Gasteiger partial charge in [0, 0.05) is 18.6 Å². The molecule has 5 nitrogen and oxygen atoms in total. The van der Waals surface area contributed by atoms with E-state index in [9.17, 15) is 4.79 Å². The van der Waals surface area contributed by atoms with Gasteiger partial charge in [0.1, 0.15) is 5.60 Å². The third-order valence-electron chi connectivity index (χ3n) is 2.16. The Morgan fingerprint density at radius 2 is 2.27 bits per heavy atom. The monoisotopic (exact) mass is 216 g/mol. The van der Waals surface area contributed by atoms with Crippen LogP contribution in [0.25, 0.3) is 0 Å². The maximum atomic E-state index is 11.4. The van der Waals surface area contributed by atoms with Crippen molar-refractivity contribution in [3.63, 3.8) is 0 Å². The maximum Gasteiger partial charge on any atom is 0.407 e. The SMILES string of the molecule is CC(C)(C)OC(=O)N[C@H]1CN[C@H](CO)C1. The number of hydrogen-bond donors (Lipinski definition) is 3. The highest BCUT2D eigenvalue weighted by Crippen LogP contribution is 2.09. The zero-order valence-corrected chi connectivity index (χ0v) is 9.54. The second-order valence-electron chi connectivity index (χ2n) is 4.87. The smallest absolute Gasteiger partial charge is 0.407 e. The molecule has 1 aliphatic rings. The van der Waals surface area contributed by atoms with Crippen LogP contribution in [-0.2, 0) is 4.74 Å². The molecule has 0 saturated carbocycles. The highest BCUT2D eigenvalue weighted by molar-refractivity contribution is 5.68. The van der Waals surface area contributed by atoms with Crippen molar-refractivity contribution in [2.24, 2.45) is 0 Å². The van der Waals surface area contributed by atoms with E-state index in [4.69, 9.17) is 9.84 Å². The second-order valence-corrected chi connectivity index (χ2v) is 4.87. The largest absolute Gasteiger partial charge is 0.444 e. The molecule has 1 fully saturated rings. The van der Waals surface area contributed by atoms with Crippen molar-refractivity contribution in [2.45, 2.75) is 44.9 Å². The van der Waals surface area contributed by atoms with Gasteiger partial charge in [-0.25, -0.2) is 4.79 Å². The molecule has 1 rings (SSSR count). The van der Waals surface area contributed by atoms with Crippen LogP contribution in [-0.4, -0.2) is 42.0 Å². The fourth-order valence-electron chi connectivity index (χ4n) is 1.54. The van der Waals surface area contributed by atoms with Crippen molar-refractivity contribution in [3.05, 3.63) is 0 Å². The summed E-state index contributed by atoms with van der Waals surface area (Å²) in [7, 11) is 0. The second kappa shape index (κ2) is 4.81. The fraction of sp³-hybridized carbons (Fsp3) is 0.900. The topological polar surface area (TPSA) is 70.6 Å². The zero-order valence-electron chi connectivity index (χ0n) is 9.54. The van der Waals surface area contributed by atoms with Crippen LogP contribution >= 0.6 is 0 Å². The molecular weight excluding hydrogens is 196 g/mol. The lowest BCUT2D eigenvalue weighted by molar-refractivity contribution is 0.0507. The van der Waals surface area contributed by atoms with Crippen molar-refractivity contribution in [3.8, 4) is 0 Å². The summed E-state index contributed by atoms with van der Waals surface area (Å²) in [5, 5.41) is 14.8. The number of hydrogen-bond acceptors (Lipinski definition) is 4. The average Bonchev–Trinajstić information content (AvgIpc) is 2.48. The molecule has 1 saturated heterocycles. The van der Waals surface area contributed by atoms with Gasteiger partial charge in [0.05, 0.1) is 6.61 Å². The maximum absolute atomic E-state index is 11.4. The van der Waals surface area contributed by atoms with Crippen LogP contribution in [0.15, 0.2) is 0 Å². The Morgan fingerprint density at radius 1 is 1.60 bits per heavy atom. The van der Waals surface area contributed by atoms with Gasteiger partial charge >= 0.3 is 6.09 Å². The van der Waals surface area contributed by atoms with Crippen LogP contribution in [0.3, 0.4) is 0 Å². The van der Waals surface area contributed by atoms with E-state index in [1.807, 2.05) is 20.8 Å². The molecular formula is C10H20N2O3. The number of carbonyl (C=O) groups is 1. The number of amides is 1. The first-order valence-corrected chi connectivity index (χ1v) is 5.24. The van der Waals surface area contributed by atoms with Crippen molar-refractivity contribution >= 4 is 6.09 Å². The van der Waals surface area contributed by atoms with Crippen molar-refractivity contribution < 1.29 is 14.6 Å². The zero-order chi connectivity index (χ0) is 11.5. The first-order valence-electron chi connectivity index (χ1n) is 5.24. The summed E-state index contributed by atoms with van der Waals surface area (Å²) < 4.78 is 5.13. The summed E-state index contributed by atoms with van der Waals surface area (Å²) in [6.07, 6.45) is 0.350. The molecule has 0 bridgehead atoms. The lowest BCUT2D eigenvalue weighted by atomic mass is 10.2. The molecule has 2 atom stereocenters. The predicted octanol–water partition coefficient (Wildman–Crippen LogP) is 0.234. The fourth-order valence-corrected chi connectivity index (χ4v) is 1.54. The van der Waals surface area contributed by atoms with E-state index in [2.05, 4.69) is 10.6 Å². The van der Waals surface area contributed by atoms with E-state index in [1.54, 1.807) is 0 Å². The lowest BCUT2D eigenvalue weighted by Crippen LogP contribution is -2.40. The molecule has 1 heterocycles. The Labute approximate surface area is 90.2 Å². The molecule has 0 spiro atoms. The first-order chi connectivity index (χ1) is 6.90. The number of aliphatic hydroxyl groups excluding tert-OH is 1. The Bertz CT molecular complexity index is 225. The normalized spacial score (nSPS) is 26.4. The van der Waals surface area contributed by atoms with E-state index in [0.29, 0.717) is 6.54 Å². The minimum atomic E-state index is -0.466. The number of nitrogens with one attached hydrogen (secondary N) is 2. The van der Waals surface area contributed by atoms with Crippen LogP contribution < -0.4 is 10.6 Å². The molecule has 0 aromatic rings. The van der Waals surface area contributed by atoms with Gasteiger partial charge in [-0.2, -0.15) is 0 Å². The van der Waals surface area contributed by atoms with Gasteiger partial charge in [-0.3, -0.25) is 0 Å². The molecule has 0 aliphatic carbocycles. The van der Waals surface area contributed by atoms with Gasteiger partial charge in [-0.15, -0.1) is 0 Å². The molecule has 0 aromatic carbocycles. The van der Waals surface area contributed by atoms with Gasteiger partial charge in [-0.05, 0) is 27.2 Å². The minimum absolute atomic E-state index is 0.0528. The highest BCUT2D eigenvalue weighted by Gasteiger charge is 2.26. The van der Waals surface area contributed by atoms with Crippen LogP contribution in [0.1, 0.15) is 27.2 Å². The van der Waals surface area contributed by atoms with E-state index < -0.39 is 11.7 Å². The third kappa shape index (κ3) is 4.48. The van der Waals surface area contributed by atoms with Crippen LogP contribution in [0, 0.1) is 0 Å². The quantitative estimate of drug-likeness (QED) is 0.618. The summed E-state index contributed by atoms with van der Waals surface area (Å²) >= 11 is 0. The Morgan fingerprint density at radius 3 is 2.73 bits per heavy atom. The first kappa shape index (κ1) is 12.3. The van der Waals surface area contributed by atoms with Gasteiger partial charge in [0.2, 0.25) is 0 Å². The van der Waals surface area contributed by atoms with Gasteiger partial charge in [0.25, 0.3) is 0 Å². The van der Waals surface area contributed by atoms with Crippen LogP contribution in [0.4, 0.5) is 4.79 Å². The summed E-state index contributed by atoms with van der Waals surface area (Å²) in [6.45, 7) is 6.28. The van der Waals surface area contributed by atoms with E-state index >= 15 is 0 Å². The minimum Gasteiger partial charge on any atom is -0.444 e. The average molecular weight is 216 g/mol. The molecule has 1 aliphatic heterocycles. The number of alkyl carbamates (subject to hydrolysis) is 1. The standard InChI is InChI=1S/C10H20N2O3/c1-10(2,3)15-9(14)12-7-4-8(6-13)11-5-7/h7-8,11,13H,4-6H2,1-3H3,(H,12,14)/t7-,8+/m1/s1. The molecule has 15 heavy (non-hydrogen) atoms. The number of aliphatic hydroxyl groups is 1. The van der Waals surface area contributed by atoms with Gasteiger partial charge in [-0.1, -0.05) is 0 Å². The number of ether oxygens (including phenoxy) is 1. The number of rotatable bonds is 2. The summed E-state index contributed by atoms with van der Waals surface area (Å²) in [6, 6.07) is 0.141. The highest BCUT2D eigenvalue weighted by atomic mass is 16.6. The molecule has 0 unspecified atom stereocenters. The third-order valence-corrected chi connectivity index (χ3v) is 2.16. The summed E-state index contributed by atoms with van der Waals surface area (Å²) in [4.78, 5) is 11.4. The van der Waals surface area contributed by atoms with E-state index in [-0.39, 0.29) is 18.7 Å². The Hall–Kier alpha value is -0.810. The molecule has 0 aromatic heterocycles. The molecule has 1 amide bonds. The predicted molar refractivity (Wildman–Crippen MR) is 56.7 cm³/mol. The molecule has 5 heteroatoms. The Balaban J connectivity index is 2.28. The van der Waals surface area contributed by atoms with Gasteiger partial charge in [0.15, 0.2) is 0 Å². The van der Waals surface area contributed by atoms with Crippen LogP contribution in [0.2, 0.25) is 0 Å². The molecule has 0 radical (unpaired) electrons. The number of carbonyl (C=O) groups excluding carboxylic acids is 1. The van der Waals surface area contributed by atoms with E-state index in [1.165, 1.54) is 0 Å². The summed E-state index contributed by atoms with van der Waals surface area (Å²) in [5.41, 5.74) is -0.466. The van der Waals surface area contributed by atoms with E-state index in [0.717, 1.165) is 6.42 Å². The van der Waals surface area contributed by atoms with Crippen molar-refractivity contribution in [1.29, 1.82) is 0 Å². The summed E-state index contributed by atoms with van der Waals surface area (Å²) in [5.74, 6) is 0. The molecule has 3 N–H and O–H groups in total. The van der Waals surface area contributed by atoms with Gasteiger partial charge < -0.3 is 20.5 Å². The van der Waals surface area contributed by atoms with Crippen molar-refractivity contribution in [2.75, 3.05) is 13.2 Å². The lowest BCUT2D eigenvalue weighted by Gasteiger charge is -2.21. The van der Waals surface area contributed by atoms with Crippen LogP contribution in [0.5, 0.6) is 0 Å².